The Labute approximate surface area is 93.9 Å². The monoisotopic (exact) mass is 224 g/mol. The highest BCUT2D eigenvalue weighted by Crippen LogP contribution is 2.18. The average Bonchev–Trinajstić information content (AvgIpc) is 2.91. The van der Waals surface area contributed by atoms with Gasteiger partial charge >= 0.3 is 0 Å². The van der Waals surface area contributed by atoms with Crippen LogP contribution in [0.5, 0.6) is 0 Å². The van der Waals surface area contributed by atoms with Crippen LogP contribution in [0, 0.1) is 0 Å². The van der Waals surface area contributed by atoms with Gasteiger partial charge in [-0.05, 0) is 37.8 Å². The summed E-state index contributed by atoms with van der Waals surface area (Å²) >= 11 is 1.68. The van der Waals surface area contributed by atoms with Gasteiger partial charge in [-0.25, -0.2) is 0 Å². The maximum Gasteiger partial charge on any atom is 0.237 e. The zero-order chi connectivity index (χ0) is 10.7. The quantitative estimate of drug-likeness (QED) is 0.820. The highest BCUT2D eigenvalue weighted by atomic mass is 32.1. The molecule has 2 heterocycles. The number of rotatable bonds is 3. The van der Waals surface area contributed by atoms with Crippen molar-refractivity contribution in [1.29, 1.82) is 0 Å². The fraction of sp³-hybridized carbons (Fsp3) is 0.545. The van der Waals surface area contributed by atoms with E-state index in [0.29, 0.717) is 0 Å². The number of amides is 1. The molecule has 0 unspecified atom stereocenters. The van der Waals surface area contributed by atoms with Crippen LogP contribution in [-0.2, 0) is 4.79 Å². The fourth-order valence-electron chi connectivity index (χ4n) is 1.83. The van der Waals surface area contributed by atoms with E-state index in [-0.39, 0.29) is 18.0 Å². The molecule has 1 aliphatic rings. The van der Waals surface area contributed by atoms with Gasteiger partial charge in [0.25, 0.3) is 0 Å². The molecule has 1 saturated heterocycles. The van der Waals surface area contributed by atoms with Crippen molar-refractivity contribution in [2.45, 2.75) is 31.8 Å². The number of thiophene rings is 1. The van der Waals surface area contributed by atoms with E-state index >= 15 is 0 Å². The lowest BCUT2D eigenvalue weighted by Crippen LogP contribution is -2.41. The van der Waals surface area contributed by atoms with E-state index < -0.39 is 0 Å². The van der Waals surface area contributed by atoms with Crippen LogP contribution < -0.4 is 10.6 Å². The standard InChI is InChI=1S/C11H16N2OS/c1-8(10-5-3-7-15-10)13-11(14)9-4-2-6-12-9/h3,5,7-9,12H,2,4,6H2,1H3,(H,13,14)/t8-,9+/m1/s1. The lowest BCUT2D eigenvalue weighted by atomic mass is 10.2. The number of carbonyl (C=O) groups excluding carboxylic acids is 1. The van der Waals surface area contributed by atoms with Gasteiger partial charge in [-0.1, -0.05) is 6.07 Å². The van der Waals surface area contributed by atoms with Gasteiger partial charge in [0.05, 0.1) is 12.1 Å². The Morgan fingerprint density at radius 3 is 3.20 bits per heavy atom. The molecule has 0 saturated carbocycles. The summed E-state index contributed by atoms with van der Waals surface area (Å²) in [6.45, 7) is 2.99. The second-order valence-electron chi connectivity index (χ2n) is 3.89. The first-order valence-corrected chi connectivity index (χ1v) is 6.22. The van der Waals surface area contributed by atoms with Crippen LogP contribution in [0.3, 0.4) is 0 Å². The van der Waals surface area contributed by atoms with Crippen molar-refractivity contribution in [3.05, 3.63) is 22.4 Å². The average molecular weight is 224 g/mol. The molecule has 3 nitrogen and oxygen atoms in total. The molecule has 1 aliphatic heterocycles. The third-order valence-corrected chi connectivity index (χ3v) is 3.76. The molecule has 1 amide bonds. The first kappa shape index (κ1) is 10.6. The molecule has 1 aromatic heterocycles. The number of nitrogens with one attached hydrogen (secondary N) is 2. The van der Waals surface area contributed by atoms with E-state index in [0.717, 1.165) is 19.4 Å². The van der Waals surface area contributed by atoms with Gasteiger partial charge in [0, 0.05) is 4.88 Å². The summed E-state index contributed by atoms with van der Waals surface area (Å²) in [7, 11) is 0. The fourth-order valence-corrected chi connectivity index (χ4v) is 2.57. The maximum atomic E-state index is 11.8. The van der Waals surface area contributed by atoms with Crippen LogP contribution in [0.25, 0.3) is 0 Å². The van der Waals surface area contributed by atoms with Crippen LogP contribution in [0.15, 0.2) is 17.5 Å². The molecule has 2 atom stereocenters. The van der Waals surface area contributed by atoms with Crippen molar-refractivity contribution >= 4 is 17.2 Å². The Morgan fingerprint density at radius 1 is 1.73 bits per heavy atom. The molecule has 0 bridgehead atoms. The highest BCUT2D eigenvalue weighted by molar-refractivity contribution is 7.10. The number of hydrogen-bond donors (Lipinski definition) is 2. The minimum Gasteiger partial charge on any atom is -0.347 e. The number of carbonyl (C=O) groups is 1. The zero-order valence-corrected chi connectivity index (χ0v) is 9.64. The van der Waals surface area contributed by atoms with E-state index in [1.807, 2.05) is 18.4 Å². The summed E-state index contributed by atoms with van der Waals surface area (Å²) in [5, 5.41) is 8.27. The second-order valence-corrected chi connectivity index (χ2v) is 4.87. The van der Waals surface area contributed by atoms with Crippen LogP contribution >= 0.6 is 11.3 Å². The van der Waals surface area contributed by atoms with Gasteiger partial charge in [-0.2, -0.15) is 0 Å². The van der Waals surface area contributed by atoms with Crippen molar-refractivity contribution in [2.24, 2.45) is 0 Å². The molecule has 0 aromatic carbocycles. The summed E-state index contributed by atoms with van der Waals surface area (Å²) in [5.74, 6) is 0.133. The third kappa shape index (κ3) is 2.58. The van der Waals surface area contributed by atoms with Crippen molar-refractivity contribution in [2.75, 3.05) is 6.54 Å². The Kier molecular flexibility index (Phi) is 3.38. The van der Waals surface area contributed by atoms with E-state index in [4.69, 9.17) is 0 Å². The lowest BCUT2D eigenvalue weighted by molar-refractivity contribution is -0.123. The van der Waals surface area contributed by atoms with E-state index in [1.54, 1.807) is 11.3 Å². The van der Waals surface area contributed by atoms with Gasteiger partial charge in [0.2, 0.25) is 5.91 Å². The largest absolute Gasteiger partial charge is 0.347 e. The molecule has 0 spiro atoms. The molecule has 0 aliphatic carbocycles. The van der Waals surface area contributed by atoms with Crippen molar-refractivity contribution in [1.82, 2.24) is 10.6 Å². The third-order valence-electron chi connectivity index (χ3n) is 2.71. The van der Waals surface area contributed by atoms with Crippen molar-refractivity contribution in [3.8, 4) is 0 Å². The van der Waals surface area contributed by atoms with Crippen molar-refractivity contribution in [3.63, 3.8) is 0 Å². The minimum atomic E-state index is 0.0208. The molecule has 2 N–H and O–H groups in total. The lowest BCUT2D eigenvalue weighted by Gasteiger charge is -2.15. The highest BCUT2D eigenvalue weighted by Gasteiger charge is 2.23. The van der Waals surface area contributed by atoms with Crippen LogP contribution in [-0.4, -0.2) is 18.5 Å². The molecule has 2 rings (SSSR count). The molecule has 82 valence electrons. The summed E-state index contributed by atoms with van der Waals surface area (Å²) in [5.41, 5.74) is 0. The predicted octanol–water partition coefficient (Wildman–Crippen LogP) is 1.68. The van der Waals surface area contributed by atoms with Gasteiger partial charge in [0.15, 0.2) is 0 Å². The van der Waals surface area contributed by atoms with Crippen LogP contribution in [0.4, 0.5) is 0 Å². The Morgan fingerprint density at radius 2 is 2.60 bits per heavy atom. The smallest absolute Gasteiger partial charge is 0.237 e. The Balaban J connectivity index is 1.88. The molecular weight excluding hydrogens is 208 g/mol. The predicted molar refractivity (Wildman–Crippen MR) is 61.9 cm³/mol. The van der Waals surface area contributed by atoms with E-state index in [1.165, 1.54) is 4.88 Å². The SMILES string of the molecule is C[C@@H](NC(=O)[C@@H]1CCCN1)c1cccs1. The number of hydrogen-bond acceptors (Lipinski definition) is 3. The van der Waals surface area contributed by atoms with E-state index in [2.05, 4.69) is 16.7 Å². The zero-order valence-electron chi connectivity index (χ0n) is 8.82. The molecule has 4 heteroatoms. The summed E-state index contributed by atoms with van der Waals surface area (Å²) in [4.78, 5) is 13.0. The minimum absolute atomic E-state index is 0.0208. The first-order valence-electron chi connectivity index (χ1n) is 5.34. The maximum absolute atomic E-state index is 11.8. The van der Waals surface area contributed by atoms with Gasteiger partial charge in [0.1, 0.15) is 0 Å². The first-order chi connectivity index (χ1) is 7.27. The summed E-state index contributed by atoms with van der Waals surface area (Å²) in [6.07, 6.45) is 2.06. The molecule has 15 heavy (non-hydrogen) atoms. The van der Waals surface area contributed by atoms with Gasteiger partial charge in [-0.15, -0.1) is 11.3 Å². The van der Waals surface area contributed by atoms with Crippen molar-refractivity contribution < 1.29 is 4.79 Å². The van der Waals surface area contributed by atoms with Gasteiger partial charge in [-0.3, -0.25) is 4.79 Å². The van der Waals surface area contributed by atoms with Crippen LogP contribution in [0.1, 0.15) is 30.7 Å². The Hall–Kier alpha value is -0.870. The topological polar surface area (TPSA) is 41.1 Å². The molecule has 1 fully saturated rings. The molecule has 1 aromatic rings. The normalized spacial score (nSPS) is 22.6. The Bertz CT molecular complexity index is 317. The summed E-state index contributed by atoms with van der Waals surface area (Å²) in [6, 6.07) is 4.21. The molecular formula is C11H16N2OS. The van der Waals surface area contributed by atoms with Gasteiger partial charge < -0.3 is 10.6 Å². The summed E-state index contributed by atoms with van der Waals surface area (Å²) < 4.78 is 0. The molecule has 0 radical (unpaired) electrons. The van der Waals surface area contributed by atoms with Crippen LogP contribution in [0.2, 0.25) is 0 Å². The van der Waals surface area contributed by atoms with E-state index in [9.17, 15) is 4.79 Å². The second kappa shape index (κ2) is 4.77.